The van der Waals surface area contributed by atoms with Crippen molar-refractivity contribution in [2.24, 2.45) is 0 Å². The molecule has 0 spiro atoms. The number of hydrogen-bond donors (Lipinski definition) is 1. The molecular weight excluding hydrogens is 464 g/mol. The van der Waals surface area contributed by atoms with Crippen molar-refractivity contribution in [1.82, 2.24) is 15.3 Å². The second kappa shape index (κ2) is 8.76. The fraction of sp³-hybridized carbons (Fsp3) is 0.150. The minimum Gasteiger partial charge on any atom is -0.346 e. The summed E-state index contributed by atoms with van der Waals surface area (Å²) in [5.74, 6) is -5.04. The Morgan fingerprint density at radius 1 is 0.968 bits per heavy atom. The van der Waals surface area contributed by atoms with Gasteiger partial charge in [-0.15, -0.1) is 0 Å². The molecule has 4 nitrogen and oxygen atoms in total. The summed E-state index contributed by atoms with van der Waals surface area (Å²) in [5.41, 5.74) is -1.89. The number of aromatic nitrogens is 2. The van der Waals surface area contributed by atoms with Crippen molar-refractivity contribution in [2.45, 2.75) is 12.1 Å². The molecule has 2 aromatic heterocycles. The van der Waals surface area contributed by atoms with Gasteiger partial charge in [0.1, 0.15) is 10.8 Å². The van der Waals surface area contributed by atoms with E-state index in [1.54, 1.807) is 6.07 Å². The molecule has 0 aliphatic rings. The average Bonchev–Trinajstić information content (AvgIpc) is 2.71. The Hall–Kier alpha value is -2.78. The van der Waals surface area contributed by atoms with Crippen LogP contribution < -0.4 is 5.32 Å². The van der Waals surface area contributed by atoms with E-state index < -0.39 is 41.4 Å². The zero-order valence-electron chi connectivity index (χ0n) is 15.4. The molecule has 31 heavy (non-hydrogen) atoms. The van der Waals surface area contributed by atoms with E-state index in [-0.39, 0.29) is 10.2 Å². The van der Waals surface area contributed by atoms with Crippen molar-refractivity contribution in [3.8, 4) is 11.1 Å². The van der Waals surface area contributed by atoms with Gasteiger partial charge >= 0.3 is 12.1 Å². The highest BCUT2D eigenvalue weighted by Gasteiger charge is 2.38. The van der Waals surface area contributed by atoms with E-state index in [9.17, 15) is 26.7 Å². The summed E-state index contributed by atoms with van der Waals surface area (Å²) >= 11 is 11.8. The molecule has 0 aliphatic carbocycles. The van der Waals surface area contributed by atoms with Gasteiger partial charge in [-0.3, -0.25) is 9.78 Å². The van der Waals surface area contributed by atoms with Gasteiger partial charge in [-0.2, -0.15) is 22.0 Å². The predicted octanol–water partition coefficient (Wildman–Crippen LogP) is 5.99. The Morgan fingerprint density at radius 2 is 1.68 bits per heavy atom. The molecule has 0 saturated carbocycles. The van der Waals surface area contributed by atoms with Crippen LogP contribution in [0.4, 0.5) is 22.0 Å². The van der Waals surface area contributed by atoms with Gasteiger partial charge in [0.25, 0.3) is 5.91 Å². The number of halogens is 7. The molecule has 0 saturated heterocycles. The van der Waals surface area contributed by atoms with E-state index >= 15 is 0 Å². The maximum atomic E-state index is 14.6. The number of rotatable bonds is 5. The van der Waals surface area contributed by atoms with Gasteiger partial charge in [-0.25, -0.2) is 4.98 Å². The highest BCUT2D eigenvalue weighted by molar-refractivity contribution is 6.31. The van der Waals surface area contributed by atoms with Crippen LogP contribution in [0.15, 0.2) is 54.9 Å². The smallest absolute Gasteiger partial charge is 0.346 e. The van der Waals surface area contributed by atoms with Crippen LogP contribution in [0.5, 0.6) is 0 Å². The largest absolute Gasteiger partial charge is 0.417 e. The summed E-state index contributed by atoms with van der Waals surface area (Å²) < 4.78 is 68.3. The summed E-state index contributed by atoms with van der Waals surface area (Å²) in [4.78, 5) is 19.6. The van der Waals surface area contributed by atoms with Crippen molar-refractivity contribution in [3.63, 3.8) is 0 Å². The van der Waals surface area contributed by atoms with Gasteiger partial charge in [0.15, 0.2) is 0 Å². The van der Waals surface area contributed by atoms with Crippen LogP contribution in [-0.4, -0.2) is 22.4 Å². The highest BCUT2D eigenvalue weighted by atomic mass is 35.5. The molecule has 2 heterocycles. The molecule has 0 atom stereocenters. The molecular formula is C20H12Cl2F5N3O. The quantitative estimate of drug-likeness (QED) is 0.364. The molecule has 162 valence electrons. The molecule has 0 radical (unpaired) electrons. The first kappa shape index (κ1) is 22.9. The van der Waals surface area contributed by atoms with Crippen LogP contribution in [0.25, 0.3) is 11.1 Å². The molecule has 3 rings (SSSR count). The van der Waals surface area contributed by atoms with E-state index in [0.717, 1.165) is 18.3 Å². The third-order valence-corrected chi connectivity index (χ3v) is 4.69. The first-order valence-electron chi connectivity index (χ1n) is 8.59. The second-order valence-corrected chi connectivity index (χ2v) is 7.15. The fourth-order valence-corrected chi connectivity index (χ4v) is 3.22. The maximum absolute atomic E-state index is 14.6. The topological polar surface area (TPSA) is 54.9 Å². The Morgan fingerprint density at radius 3 is 2.32 bits per heavy atom. The van der Waals surface area contributed by atoms with Gasteiger partial charge in [-0.05, 0) is 35.9 Å². The van der Waals surface area contributed by atoms with Crippen LogP contribution in [0, 0.1) is 0 Å². The molecule has 0 fully saturated rings. The number of pyridine rings is 2. The summed E-state index contributed by atoms with van der Waals surface area (Å²) in [6.07, 6.45) is -2.25. The molecule has 1 amide bonds. The van der Waals surface area contributed by atoms with E-state index in [2.05, 4.69) is 9.97 Å². The van der Waals surface area contributed by atoms with E-state index in [1.807, 2.05) is 5.32 Å². The van der Waals surface area contributed by atoms with Crippen LogP contribution in [0.1, 0.15) is 21.6 Å². The lowest BCUT2D eigenvalue weighted by Crippen LogP contribution is -2.36. The van der Waals surface area contributed by atoms with Gasteiger partial charge in [0.2, 0.25) is 0 Å². The normalized spacial score (nSPS) is 12.0. The van der Waals surface area contributed by atoms with Gasteiger partial charge < -0.3 is 5.32 Å². The number of hydrogen-bond acceptors (Lipinski definition) is 3. The summed E-state index contributed by atoms with van der Waals surface area (Å²) in [6, 6.07) is 8.19. The van der Waals surface area contributed by atoms with Crippen molar-refractivity contribution < 1.29 is 26.7 Å². The third kappa shape index (κ3) is 5.29. The minimum atomic E-state index is -4.81. The number of nitrogens with zero attached hydrogens (tertiary/aromatic N) is 2. The average molecular weight is 476 g/mol. The third-order valence-electron chi connectivity index (χ3n) is 4.20. The van der Waals surface area contributed by atoms with Crippen molar-refractivity contribution in [2.75, 3.05) is 6.54 Å². The zero-order chi connectivity index (χ0) is 22.8. The standard InChI is InChI=1S/C20H12Cl2F5N3O/c21-15-7-12(11-5-6-28-16(22)8-11)9-29-17(15)19(23,24)10-30-18(31)13-3-1-2-4-14(13)20(25,26)27/h1-9H,10H2,(H,30,31). The number of carbonyl (C=O) groups excluding carboxylic acids is 1. The van der Waals surface area contributed by atoms with Crippen LogP contribution in [0.2, 0.25) is 10.2 Å². The molecule has 0 unspecified atom stereocenters. The number of carbonyl (C=O) groups is 1. The zero-order valence-corrected chi connectivity index (χ0v) is 16.9. The minimum absolute atomic E-state index is 0.185. The molecule has 0 bridgehead atoms. The maximum Gasteiger partial charge on any atom is 0.417 e. The number of alkyl halides is 5. The van der Waals surface area contributed by atoms with Crippen LogP contribution >= 0.6 is 23.2 Å². The lowest BCUT2D eigenvalue weighted by molar-refractivity contribution is -0.137. The monoisotopic (exact) mass is 475 g/mol. The summed E-state index contributed by atoms with van der Waals surface area (Å²) in [7, 11) is 0. The van der Waals surface area contributed by atoms with Crippen LogP contribution in [0.3, 0.4) is 0 Å². The van der Waals surface area contributed by atoms with Crippen molar-refractivity contribution in [3.05, 3.63) is 81.9 Å². The lowest BCUT2D eigenvalue weighted by atomic mass is 10.1. The summed E-state index contributed by atoms with van der Waals surface area (Å²) in [6.45, 7) is -1.30. The number of nitrogens with one attached hydrogen (secondary N) is 1. The molecule has 1 aromatic carbocycles. The Kier molecular flexibility index (Phi) is 6.47. The van der Waals surface area contributed by atoms with Gasteiger partial charge in [0.05, 0.1) is 22.7 Å². The second-order valence-electron chi connectivity index (χ2n) is 6.35. The fourth-order valence-electron chi connectivity index (χ4n) is 2.75. The van der Waals surface area contributed by atoms with E-state index in [1.165, 1.54) is 24.4 Å². The Bertz CT molecular complexity index is 1120. The molecule has 11 heteroatoms. The van der Waals surface area contributed by atoms with E-state index in [4.69, 9.17) is 23.2 Å². The van der Waals surface area contributed by atoms with Gasteiger partial charge in [0, 0.05) is 18.0 Å². The molecule has 1 N–H and O–H groups in total. The van der Waals surface area contributed by atoms with Crippen molar-refractivity contribution in [1.29, 1.82) is 0 Å². The van der Waals surface area contributed by atoms with Crippen LogP contribution in [-0.2, 0) is 12.1 Å². The summed E-state index contributed by atoms with van der Waals surface area (Å²) in [5, 5.41) is 1.61. The lowest BCUT2D eigenvalue weighted by Gasteiger charge is -2.19. The number of amides is 1. The molecule has 3 aromatic rings. The first-order chi connectivity index (χ1) is 14.5. The van der Waals surface area contributed by atoms with Crippen molar-refractivity contribution >= 4 is 29.1 Å². The predicted molar refractivity (Wildman–Crippen MR) is 105 cm³/mol. The Labute approximate surface area is 183 Å². The SMILES string of the molecule is O=C(NCC(F)(F)c1ncc(-c2ccnc(Cl)c2)cc1Cl)c1ccccc1C(F)(F)F. The Balaban J connectivity index is 1.79. The van der Waals surface area contributed by atoms with E-state index in [0.29, 0.717) is 17.2 Å². The number of benzene rings is 1. The van der Waals surface area contributed by atoms with Gasteiger partial charge in [-0.1, -0.05) is 35.3 Å². The first-order valence-corrected chi connectivity index (χ1v) is 9.35. The highest BCUT2D eigenvalue weighted by Crippen LogP contribution is 2.35. The molecule has 0 aliphatic heterocycles.